The maximum atomic E-state index is 12.8. The van der Waals surface area contributed by atoms with Gasteiger partial charge in [-0.25, -0.2) is 0 Å². The summed E-state index contributed by atoms with van der Waals surface area (Å²) < 4.78 is 11.5. The first kappa shape index (κ1) is 17.8. The number of carbonyl (C=O) groups is 1. The lowest BCUT2D eigenvalue weighted by Gasteiger charge is -2.24. The van der Waals surface area contributed by atoms with Crippen LogP contribution in [0.2, 0.25) is 0 Å². The summed E-state index contributed by atoms with van der Waals surface area (Å²) in [5, 5.41) is 3.20. The van der Waals surface area contributed by atoms with Gasteiger partial charge in [0.25, 0.3) is 5.91 Å². The molecule has 1 amide bonds. The lowest BCUT2D eigenvalue weighted by molar-refractivity contribution is 0.0925. The third-order valence-corrected chi connectivity index (χ3v) is 5.34. The molecule has 4 nitrogen and oxygen atoms in total. The summed E-state index contributed by atoms with van der Waals surface area (Å²) in [6.45, 7) is 9.57. The number of benzene rings is 1. The van der Waals surface area contributed by atoms with Crippen molar-refractivity contribution in [2.75, 3.05) is 13.2 Å². The van der Waals surface area contributed by atoms with Crippen LogP contribution in [-0.2, 0) is 0 Å². The van der Waals surface area contributed by atoms with Gasteiger partial charge in [-0.2, -0.15) is 0 Å². The minimum absolute atomic E-state index is 0.0207. The Morgan fingerprint density at radius 1 is 1.12 bits per heavy atom. The summed E-state index contributed by atoms with van der Waals surface area (Å²) in [5.41, 5.74) is 1.81. The lowest BCUT2D eigenvalue weighted by atomic mass is 9.95. The average molecular weight is 359 g/mol. The van der Waals surface area contributed by atoms with Crippen LogP contribution in [0.4, 0.5) is 0 Å². The van der Waals surface area contributed by atoms with Crippen molar-refractivity contribution >= 4 is 17.2 Å². The van der Waals surface area contributed by atoms with E-state index >= 15 is 0 Å². The molecule has 0 unspecified atom stereocenters. The lowest BCUT2D eigenvalue weighted by Crippen LogP contribution is -2.31. The molecule has 1 aromatic carbocycles. The Morgan fingerprint density at radius 2 is 1.84 bits per heavy atom. The summed E-state index contributed by atoms with van der Waals surface area (Å²) in [6, 6.07) is 7.84. The van der Waals surface area contributed by atoms with Crippen LogP contribution in [0.5, 0.6) is 11.5 Å². The highest BCUT2D eigenvalue weighted by atomic mass is 32.1. The van der Waals surface area contributed by atoms with Crippen LogP contribution in [0.3, 0.4) is 0 Å². The monoisotopic (exact) mass is 359 g/mol. The minimum Gasteiger partial charge on any atom is -0.490 e. The maximum Gasteiger partial charge on any atom is 0.252 e. The standard InChI is InChI=1S/C20H25NO3S/c1-12(2)19(21-20(22)16-10-13(3)25-14(16)4)15-6-7-17-18(11-15)24-9-5-8-23-17/h6-7,10-12,19H,5,8-9H2,1-4H3,(H,21,22)/t19-/m1/s1. The topological polar surface area (TPSA) is 47.6 Å². The molecule has 1 N–H and O–H groups in total. The van der Waals surface area contributed by atoms with E-state index in [1.807, 2.05) is 38.1 Å². The van der Waals surface area contributed by atoms with Crippen LogP contribution < -0.4 is 14.8 Å². The fourth-order valence-corrected chi connectivity index (χ4v) is 4.00. The van der Waals surface area contributed by atoms with Crippen molar-refractivity contribution in [3.8, 4) is 11.5 Å². The molecular weight excluding hydrogens is 334 g/mol. The van der Waals surface area contributed by atoms with E-state index in [2.05, 4.69) is 19.2 Å². The molecule has 2 heterocycles. The molecule has 2 aromatic rings. The highest BCUT2D eigenvalue weighted by Crippen LogP contribution is 2.34. The van der Waals surface area contributed by atoms with Gasteiger partial charge in [-0.15, -0.1) is 11.3 Å². The largest absolute Gasteiger partial charge is 0.490 e. The van der Waals surface area contributed by atoms with E-state index in [0.29, 0.717) is 13.2 Å². The number of hydrogen-bond acceptors (Lipinski definition) is 4. The van der Waals surface area contributed by atoms with Crippen molar-refractivity contribution in [2.45, 2.75) is 40.2 Å². The molecule has 0 aliphatic carbocycles. The molecule has 1 atom stereocenters. The smallest absolute Gasteiger partial charge is 0.252 e. The van der Waals surface area contributed by atoms with Crippen molar-refractivity contribution in [1.82, 2.24) is 5.32 Å². The Balaban J connectivity index is 1.85. The Hall–Kier alpha value is -2.01. The fraction of sp³-hybridized carbons (Fsp3) is 0.450. The average Bonchev–Trinajstić information content (AvgIpc) is 2.78. The fourth-order valence-electron chi connectivity index (χ4n) is 3.08. The van der Waals surface area contributed by atoms with E-state index < -0.39 is 0 Å². The molecule has 0 saturated carbocycles. The number of nitrogens with one attached hydrogen (secondary N) is 1. The zero-order valence-electron chi connectivity index (χ0n) is 15.2. The van der Waals surface area contributed by atoms with Crippen molar-refractivity contribution < 1.29 is 14.3 Å². The molecule has 0 radical (unpaired) electrons. The summed E-state index contributed by atoms with van der Waals surface area (Å²) >= 11 is 1.65. The SMILES string of the molecule is Cc1cc(C(=O)N[C@@H](c2ccc3c(c2)OCCCO3)C(C)C)c(C)s1. The van der Waals surface area contributed by atoms with Gasteiger partial charge in [0, 0.05) is 16.2 Å². The summed E-state index contributed by atoms with van der Waals surface area (Å²) in [5.74, 6) is 1.78. The van der Waals surface area contributed by atoms with Crippen LogP contribution in [-0.4, -0.2) is 19.1 Å². The summed E-state index contributed by atoms with van der Waals surface area (Å²) in [7, 11) is 0. The number of carbonyl (C=O) groups excluding carboxylic acids is 1. The van der Waals surface area contributed by atoms with Crippen LogP contribution in [0.15, 0.2) is 24.3 Å². The molecule has 3 rings (SSSR count). The third kappa shape index (κ3) is 3.98. The minimum atomic E-state index is -0.0794. The zero-order valence-corrected chi connectivity index (χ0v) is 16.0. The number of thiophene rings is 1. The predicted molar refractivity (Wildman–Crippen MR) is 101 cm³/mol. The first-order chi connectivity index (χ1) is 12.0. The van der Waals surface area contributed by atoms with E-state index in [4.69, 9.17) is 9.47 Å². The van der Waals surface area contributed by atoms with Crippen molar-refractivity contribution in [1.29, 1.82) is 0 Å². The summed E-state index contributed by atoms with van der Waals surface area (Å²) in [4.78, 5) is 15.0. The second-order valence-corrected chi connectivity index (χ2v) is 8.24. The second-order valence-electron chi connectivity index (χ2n) is 6.78. The number of hydrogen-bond donors (Lipinski definition) is 1. The molecule has 0 bridgehead atoms. The zero-order chi connectivity index (χ0) is 18.0. The Morgan fingerprint density at radius 3 is 2.48 bits per heavy atom. The van der Waals surface area contributed by atoms with Crippen LogP contribution >= 0.6 is 11.3 Å². The normalized spacial score (nSPS) is 14.9. The van der Waals surface area contributed by atoms with Crippen LogP contribution in [0, 0.1) is 19.8 Å². The Bertz CT molecular complexity index is 766. The number of amides is 1. The molecule has 5 heteroatoms. The molecule has 1 aliphatic heterocycles. The van der Waals surface area contributed by atoms with Gasteiger partial charge in [0.2, 0.25) is 0 Å². The van der Waals surface area contributed by atoms with Gasteiger partial charge in [-0.05, 0) is 43.5 Å². The van der Waals surface area contributed by atoms with Crippen molar-refractivity contribution in [3.05, 3.63) is 45.1 Å². The van der Waals surface area contributed by atoms with Gasteiger partial charge in [0.05, 0.1) is 24.8 Å². The van der Waals surface area contributed by atoms with Crippen molar-refractivity contribution in [3.63, 3.8) is 0 Å². The maximum absolute atomic E-state index is 12.8. The second kappa shape index (κ2) is 7.48. The molecule has 0 fully saturated rings. The highest BCUT2D eigenvalue weighted by Gasteiger charge is 2.23. The third-order valence-electron chi connectivity index (χ3n) is 4.37. The Labute approximate surface area is 153 Å². The van der Waals surface area contributed by atoms with E-state index in [1.165, 1.54) is 0 Å². The molecule has 134 valence electrons. The number of ether oxygens (including phenoxy) is 2. The van der Waals surface area contributed by atoms with Gasteiger partial charge in [0.15, 0.2) is 11.5 Å². The van der Waals surface area contributed by atoms with Gasteiger partial charge in [-0.1, -0.05) is 19.9 Å². The van der Waals surface area contributed by atoms with Gasteiger partial charge in [0.1, 0.15) is 0 Å². The summed E-state index contributed by atoms with van der Waals surface area (Å²) in [6.07, 6.45) is 0.880. The van der Waals surface area contributed by atoms with Crippen molar-refractivity contribution in [2.24, 2.45) is 5.92 Å². The molecule has 0 saturated heterocycles. The van der Waals surface area contributed by atoms with Crippen LogP contribution in [0.1, 0.15) is 52.0 Å². The van der Waals surface area contributed by atoms with E-state index in [9.17, 15) is 4.79 Å². The number of fused-ring (bicyclic) bond motifs is 1. The van der Waals surface area contributed by atoms with E-state index in [0.717, 1.165) is 38.8 Å². The highest BCUT2D eigenvalue weighted by molar-refractivity contribution is 7.12. The number of rotatable bonds is 4. The molecule has 0 spiro atoms. The van der Waals surface area contributed by atoms with Gasteiger partial charge < -0.3 is 14.8 Å². The van der Waals surface area contributed by atoms with E-state index in [-0.39, 0.29) is 17.9 Å². The molecule has 1 aliphatic rings. The van der Waals surface area contributed by atoms with Gasteiger partial charge in [-0.3, -0.25) is 4.79 Å². The predicted octanol–water partition coefficient (Wildman–Crippen LogP) is 4.65. The first-order valence-electron chi connectivity index (χ1n) is 8.73. The van der Waals surface area contributed by atoms with Gasteiger partial charge >= 0.3 is 0 Å². The van der Waals surface area contributed by atoms with E-state index in [1.54, 1.807) is 11.3 Å². The quantitative estimate of drug-likeness (QED) is 0.864. The first-order valence-corrected chi connectivity index (χ1v) is 9.55. The molecule has 25 heavy (non-hydrogen) atoms. The Kier molecular flexibility index (Phi) is 5.33. The molecular formula is C20H25NO3S. The van der Waals surface area contributed by atoms with Crippen LogP contribution in [0.25, 0.3) is 0 Å². The molecule has 1 aromatic heterocycles. The number of aryl methyl sites for hydroxylation is 2.